The van der Waals surface area contributed by atoms with Crippen LogP contribution in [-0.4, -0.2) is 5.78 Å². The molecule has 0 aliphatic rings. The molecule has 0 fully saturated rings. The van der Waals surface area contributed by atoms with E-state index >= 15 is 0 Å². The topological polar surface area (TPSA) is 17.1 Å². The highest BCUT2D eigenvalue weighted by atomic mass is 79.9. The van der Waals surface area contributed by atoms with Gasteiger partial charge in [-0.05, 0) is 17.3 Å². The number of Topliss-reactive ketones (excluding diaryl/α,β-unsaturated/α-hetero) is 1. The minimum Gasteiger partial charge on any atom is -0.299 e. The molecule has 0 aromatic heterocycles. The summed E-state index contributed by atoms with van der Waals surface area (Å²) < 4.78 is 0.786. The number of hydrogen-bond donors (Lipinski definition) is 0. The van der Waals surface area contributed by atoms with Gasteiger partial charge in [0, 0.05) is 12.3 Å². The van der Waals surface area contributed by atoms with Gasteiger partial charge >= 0.3 is 0 Å². The van der Waals surface area contributed by atoms with E-state index in [1.54, 1.807) is 0 Å². The molecule has 11 heavy (non-hydrogen) atoms. The van der Waals surface area contributed by atoms with Gasteiger partial charge in [0.2, 0.25) is 0 Å². The van der Waals surface area contributed by atoms with E-state index in [0.29, 0.717) is 12.2 Å². The lowest BCUT2D eigenvalue weighted by atomic mass is 9.96. The normalized spacial score (nSPS) is 10.2. The van der Waals surface area contributed by atoms with Crippen LogP contribution in [0.1, 0.15) is 33.1 Å². The Bertz CT molecular complexity index is 148. The second-order valence-electron chi connectivity index (χ2n) is 2.67. The molecule has 0 saturated carbocycles. The van der Waals surface area contributed by atoms with Crippen LogP contribution in [0.15, 0.2) is 11.1 Å². The lowest BCUT2D eigenvalue weighted by Crippen LogP contribution is -2.11. The van der Waals surface area contributed by atoms with Crippen molar-refractivity contribution in [3.05, 3.63) is 11.1 Å². The maximum Gasteiger partial charge on any atom is 0.140 e. The molecule has 0 aromatic rings. The molecule has 0 N–H and O–H groups in total. The number of hydrogen-bond acceptors (Lipinski definition) is 1. The fourth-order valence-corrected chi connectivity index (χ4v) is 1.35. The summed E-state index contributed by atoms with van der Waals surface area (Å²) in [5.41, 5.74) is 0. The van der Waals surface area contributed by atoms with E-state index in [9.17, 15) is 4.79 Å². The number of carbonyl (C=O) groups is 1. The zero-order chi connectivity index (χ0) is 8.85. The van der Waals surface area contributed by atoms with Crippen LogP contribution in [0, 0.1) is 5.92 Å². The Morgan fingerprint density at radius 1 is 1.45 bits per heavy atom. The van der Waals surface area contributed by atoms with Crippen molar-refractivity contribution >= 4 is 21.7 Å². The van der Waals surface area contributed by atoms with Crippen molar-refractivity contribution in [2.45, 2.75) is 33.1 Å². The first-order valence-corrected chi connectivity index (χ1v) is 4.77. The van der Waals surface area contributed by atoms with Crippen molar-refractivity contribution in [3.8, 4) is 0 Å². The van der Waals surface area contributed by atoms with Crippen LogP contribution in [0.3, 0.4) is 0 Å². The van der Waals surface area contributed by atoms with Crippen molar-refractivity contribution in [1.82, 2.24) is 0 Å². The summed E-state index contributed by atoms with van der Waals surface area (Å²) >= 11 is 3.19. The Kier molecular flexibility index (Phi) is 5.47. The third kappa shape index (κ3) is 4.35. The van der Waals surface area contributed by atoms with E-state index in [4.69, 9.17) is 0 Å². The molecular formula is C9H15BrO. The third-order valence-corrected chi connectivity index (χ3v) is 2.09. The molecule has 64 valence electrons. The van der Waals surface area contributed by atoms with Gasteiger partial charge in [-0.25, -0.2) is 0 Å². The molecule has 0 aliphatic heterocycles. The number of carbonyl (C=O) groups excluding carboxylic acids is 1. The molecule has 0 aliphatic carbocycles. The first kappa shape index (κ1) is 10.9. The van der Waals surface area contributed by atoms with Gasteiger partial charge < -0.3 is 0 Å². The van der Waals surface area contributed by atoms with E-state index in [0.717, 1.165) is 17.3 Å². The average molecular weight is 219 g/mol. The van der Waals surface area contributed by atoms with Crippen molar-refractivity contribution in [3.63, 3.8) is 0 Å². The van der Waals surface area contributed by atoms with Crippen LogP contribution < -0.4 is 0 Å². The molecule has 1 nitrogen and oxygen atoms in total. The molecule has 0 spiro atoms. The molecule has 0 atom stereocenters. The van der Waals surface area contributed by atoms with Crippen molar-refractivity contribution < 1.29 is 4.79 Å². The lowest BCUT2D eigenvalue weighted by molar-refractivity contribution is -0.122. The predicted octanol–water partition coefficient (Wildman–Crippen LogP) is 3.29. The predicted molar refractivity (Wildman–Crippen MR) is 51.8 cm³/mol. The highest BCUT2D eigenvalue weighted by Crippen LogP contribution is 2.16. The fraction of sp³-hybridized carbons (Fsp3) is 0.667. The standard InChI is InChI=1S/C9H15BrO/c1-4-8(5-2)9(11)6-7(3)10/h8H,3-6H2,1-2H3. The van der Waals surface area contributed by atoms with E-state index in [1.807, 2.05) is 13.8 Å². The van der Waals surface area contributed by atoms with Gasteiger partial charge in [0.1, 0.15) is 5.78 Å². The second-order valence-corrected chi connectivity index (χ2v) is 3.80. The molecule has 0 aromatic carbocycles. The Morgan fingerprint density at radius 2 is 1.91 bits per heavy atom. The number of ketones is 1. The summed E-state index contributed by atoms with van der Waals surface area (Å²) in [4.78, 5) is 11.3. The van der Waals surface area contributed by atoms with Crippen LogP contribution in [0.5, 0.6) is 0 Å². The molecule has 0 saturated heterocycles. The summed E-state index contributed by atoms with van der Waals surface area (Å²) in [5.74, 6) is 0.529. The van der Waals surface area contributed by atoms with E-state index < -0.39 is 0 Å². The zero-order valence-electron chi connectivity index (χ0n) is 7.19. The van der Waals surface area contributed by atoms with Gasteiger partial charge in [0.15, 0.2) is 0 Å². The largest absolute Gasteiger partial charge is 0.299 e. The van der Waals surface area contributed by atoms with Crippen molar-refractivity contribution in [1.29, 1.82) is 0 Å². The average Bonchev–Trinajstić information content (AvgIpc) is 1.88. The molecule has 0 rings (SSSR count). The number of halogens is 1. The Morgan fingerprint density at radius 3 is 2.18 bits per heavy atom. The molecule has 0 heterocycles. The molecule has 0 bridgehead atoms. The molecule has 0 amide bonds. The maximum atomic E-state index is 11.3. The van der Waals surface area contributed by atoms with Crippen molar-refractivity contribution in [2.75, 3.05) is 0 Å². The van der Waals surface area contributed by atoms with E-state index in [-0.39, 0.29) is 5.92 Å². The van der Waals surface area contributed by atoms with Crippen LogP contribution in [0.25, 0.3) is 0 Å². The summed E-state index contributed by atoms with van der Waals surface area (Å²) in [6, 6.07) is 0. The minimum atomic E-state index is 0.226. The smallest absolute Gasteiger partial charge is 0.140 e. The molecular weight excluding hydrogens is 204 g/mol. The highest BCUT2D eigenvalue weighted by Gasteiger charge is 2.13. The lowest BCUT2D eigenvalue weighted by Gasteiger charge is -2.09. The monoisotopic (exact) mass is 218 g/mol. The van der Waals surface area contributed by atoms with Gasteiger partial charge in [-0.1, -0.05) is 36.4 Å². The van der Waals surface area contributed by atoms with Gasteiger partial charge in [-0.15, -0.1) is 0 Å². The first-order valence-electron chi connectivity index (χ1n) is 3.97. The Labute approximate surface area is 77.0 Å². The SMILES string of the molecule is C=C(Br)CC(=O)C(CC)CC. The fourth-order valence-electron chi connectivity index (χ4n) is 1.08. The molecule has 2 heteroatoms. The van der Waals surface area contributed by atoms with Crippen LogP contribution >= 0.6 is 15.9 Å². The van der Waals surface area contributed by atoms with E-state index in [2.05, 4.69) is 22.5 Å². The number of allylic oxidation sites excluding steroid dienone is 1. The third-order valence-electron chi connectivity index (χ3n) is 1.81. The molecule has 0 unspecified atom stereocenters. The summed E-state index contributed by atoms with van der Waals surface area (Å²) in [6.07, 6.45) is 2.36. The van der Waals surface area contributed by atoms with Crippen LogP contribution in [0.2, 0.25) is 0 Å². The summed E-state index contributed by atoms with van der Waals surface area (Å²) in [7, 11) is 0. The van der Waals surface area contributed by atoms with E-state index in [1.165, 1.54) is 0 Å². The first-order chi connectivity index (χ1) is 5.11. The van der Waals surface area contributed by atoms with Gasteiger partial charge in [-0.2, -0.15) is 0 Å². The van der Waals surface area contributed by atoms with Crippen molar-refractivity contribution in [2.24, 2.45) is 5.92 Å². The highest BCUT2D eigenvalue weighted by molar-refractivity contribution is 9.11. The summed E-state index contributed by atoms with van der Waals surface area (Å²) in [6.45, 7) is 7.73. The minimum absolute atomic E-state index is 0.226. The quantitative estimate of drug-likeness (QED) is 0.693. The maximum absolute atomic E-state index is 11.3. The molecule has 0 radical (unpaired) electrons. The Hall–Kier alpha value is -0.110. The van der Waals surface area contributed by atoms with Crippen LogP contribution in [-0.2, 0) is 4.79 Å². The van der Waals surface area contributed by atoms with Gasteiger partial charge in [0.25, 0.3) is 0 Å². The van der Waals surface area contributed by atoms with Gasteiger partial charge in [-0.3, -0.25) is 4.79 Å². The number of rotatable bonds is 5. The summed E-state index contributed by atoms with van der Waals surface area (Å²) in [5, 5.41) is 0. The second kappa shape index (κ2) is 5.53. The zero-order valence-corrected chi connectivity index (χ0v) is 8.78. The van der Waals surface area contributed by atoms with Crippen LogP contribution in [0.4, 0.5) is 0 Å². The Balaban J connectivity index is 3.89. The van der Waals surface area contributed by atoms with Gasteiger partial charge in [0.05, 0.1) is 0 Å².